The Bertz CT molecular complexity index is 283. The highest BCUT2D eigenvalue weighted by molar-refractivity contribution is 5.25. The molecule has 0 aliphatic heterocycles. The van der Waals surface area contributed by atoms with Crippen molar-refractivity contribution < 1.29 is 4.74 Å². The topological polar surface area (TPSA) is 9.23 Å². The molecule has 1 aromatic carbocycles. The monoisotopic (exact) mass is 190 g/mol. The summed E-state index contributed by atoms with van der Waals surface area (Å²) >= 11 is 0. The van der Waals surface area contributed by atoms with Crippen molar-refractivity contribution in [1.82, 2.24) is 0 Å². The maximum Gasteiger partial charge on any atom is 0.0788 e. The van der Waals surface area contributed by atoms with Crippen LogP contribution in [-0.4, -0.2) is 7.11 Å². The Morgan fingerprint density at radius 1 is 1.21 bits per heavy atom. The predicted molar refractivity (Wildman–Crippen MR) is 60.4 cm³/mol. The SMILES string of the molecule is CO/C=C/Cc1ccc(C(C)C)cc1. The summed E-state index contributed by atoms with van der Waals surface area (Å²) in [4.78, 5) is 0. The van der Waals surface area contributed by atoms with Crippen molar-refractivity contribution in [3.05, 3.63) is 47.7 Å². The number of hydrogen-bond acceptors (Lipinski definition) is 1. The van der Waals surface area contributed by atoms with Crippen molar-refractivity contribution >= 4 is 0 Å². The lowest BCUT2D eigenvalue weighted by molar-refractivity contribution is 0.337. The molecule has 0 saturated heterocycles. The Labute approximate surface area is 86.4 Å². The highest BCUT2D eigenvalue weighted by Gasteiger charge is 1.97. The molecule has 1 rings (SSSR count). The third-order valence-corrected chi connectivity index (χ3v) is 2.23. The first-order valence-corrected chi connectivity index (χ1v) is 5.00. The Balaban J connectivity index is 2.59. The largest absolute Gasteiger partial charge is 0.505 e. The minimum absolute atomic E-state index is 0.610. The van der Waals surface area contributed by atoms with Gasteiger partial charge in [-0.2, -0.15) is 0 Å². The summed E-state index contributed by atoms with van der Waals surface area (Å²) in [6, 6.07) is 8.74. The van der Waals surface area contributed by atoms with E-state index in [2.05, 4.69) is 38.1 Å². The second-order valence-corrected chi connectivity index (χ2v) is 3.71. The summed E-state index contributed by atoms with van der Waals surface area (Å²) in [5.41, 5.74) is 2.71. The van der Waals surface area contributed by atoms with E-state index in [1.54, 1.807) is 13.4 Å². The Hall–Kier alpha value is -1.24. The zero-order chi connectivity index (χ0) is 10.4. The Kier molecular flexibility index (Phi) is 4.24. The Morgan fingerprint density at radius 3 is 2.36 bits per heavy atom. The van der Waals surface area contributed by atoms with Crippen LogP contribution in [0.4, 0.5) is 0 Å². The van der Waals surface area contributed by atoms with Crippen molar-refractivity contribution in [2.24, 2.45) is 0 Å². The summed E-state index contributed by atoms with van der Waals surface area (Å²) in [6.45, 7) is 4.42. The molecule has 0 unspecified atom stereocenters. The van der Waals surface area contributed by atoms with Crippen molar-refractivity contribution in [3.8, 4) is 0 Å². The molecule has 0 bridgehead atoms. The molecule has 0 aliphatic carbocycles. The molecule has 0 spiro atoms. The summed E-state index contributed by atoms with van der Waals surface area (Å²) in [5, 5.41) is 0. The van der Waals surface area contributed by atoms with Crippen LogP contribution in [0.2, 0.25) is 0 Å². The smallest absolute Gasteiger partial charge is 0.0788 e. The first-order chi connectivity index (χ1) is 6.74. The number of hydrogen-bond donors (Lipinski definition) is 0. The van der Waals surface area contributed by atoms with Gasteiger partial charge in [0.25, 0.3) is 0 Å². The lowest BCUT2D eigenvalue weighted by atomic mass is 10.0. The van der Waals surface area contributed by atoms with Gasteiger partial charge in [0, 0.05) is 0 Å². The van der Waals surface area contributed by atoms with E-state index in [1.165, 1.54) is 11.1 Å². The molecule has 0 atom stereocenters. The van der Waals surface area contributed by atoms with E-state index in [1.807, 2.05) is 6.08 Å². The zero-order valence-corrected chi connectivity index (χ0v) is 9.16. The summed E-state index contributed by atoms with van der Waals surface area (Å²) in [7, 11) is 1.67. The lowest BCUT2D eigenvalue weighted by Gasteiger charge is -2.05. The standard InChI is InChI=1S/C13H18O/c1-11(2)13-8-6-12(7-9-13)5-4-10-14-3/h4,6-11H,5H2,1-3H3/b10-4+. The molecule has 76 valence electrons. The van der Waals surface area contributed by atoms with E-state index in [4.69, 9.17) is 4.74 Å². The van der Waals surface area contributed by atoms with Crippen LogP contribution < -0.4 is 0 Å². The Morgan fingerprint density at radius 2 is 1.86 bits per heavy atom. The highest BCUT2D eigenvalue weighted by atomic mass is 16.5. The minimum atomic E-state index is 0.610. The third kappa shape index (κ3) is 3.25. The van der Waals surface area contributed by atoms with E-state index in [0.717, 1.165) is 6.42 Å². The first kappa shape index (κ1) is 10.8. The van der Waals surface area contributed by atoms with Gasteiger partial charge in [-0.05, 0) is 29.5 Å². The second-order valence-electron chi connectivity index (χ2n) is 3.71. The molecule has 0 heterocycles. The molecule has 1 nitrogen and oxygen atoms in total. The van der Waals surface area contributed by atoms with E-state index in [9.17, 15) is 0 Å². The molecular weight excluding hydrogens is 172 g/mol. The van der Waals surface area contributed by atoms with Gasteiger partial charge in [-0.1, -0.05) is 38.1 Å². The second kappa shape index (κ2) is 5.48. The van der Waals surface area contributed by atoms with Gasteiger partial charge in [0.15, 0.2) is 0 Å². The first-order valence-electron chi connectivity index (χ1n) is 5.00. The highest BCUT2D eigenvalue weighted by Crippen LogP contribution is 2.14. The van der Waals surface area contributed by atoms with Gasteiger partial charge in [-0.25, -0.2) is 0 Å². The molecule has 0 amide bonds. The molecule has 0 N–H and O–H groups in total. The fraction of sp³-hybridized carbons (Fsp3) is 0.385. The molecule has 0 fully saturated rings. The molecule has 0 saturated carbocycles. The fourth-order valence-electron chi connectivity index (χ4n) is 1.32. The van der Waals surface area contributed by atoms with Gasteiger partial charge >= 0.3 is 0 Å². The van der Waals surface area contributed by atoms with Crippen molar-refractivity contribution in [2.45, 2.75) is 26.2 Å². The van der Waals surface area contributed by atoms with Gasteiger partial charge in [-0.15, -0.1) is 0 Å². The van der Waals surface area contributed by atoms with Crippen LogP contribution in [0.1, 0.15) is 30.9 Å². The van der Waals surface area contributed by atoms with Crippen molar-refractivity contribution in [3.63, 3.8) is 0 Å². The van der Waals surface area contributed by atoms with Gasteiger partial charge in [0.1, 0.15) is 0 Å². The predicted octanol–water partition coefficient (Wildman–Crippen LogP) is 3.51. The van der Waals surface area contributed by atoms with Crippen LogP contribution in [-0.2, 0) is 11.2 Å². The van der Waals surface area contributed by atoms with Crippen LogP contribution in [0, 0.1) is 0 Å². The molecular formula is C13H18O. The van der Waals surface area contributed by atoms with Gasteiger partial charge < -0.3 is 4.74 Å². The summed E-state index contributed by atoms with van der Waals surface area (Å²) in [6.07, 6.45) is 4.67. The van der Waals surface area contributed by atoms with E-state index < -0.39 is 0 Å². The maximum atomic E-state index is 4.84. The molecule has 1 aromatic rings. The van der Waals surface area contributed by atoms with Gasteiger partial charge in [0.05, 0.1) is 13.4 Å². The number of benzene rings is 1. The van der Waals surface area contributed by atoms with Crippen LogP contribution in [0.15, 0.2) is 36.6 Å². The summed E-state index contributed by atoms with van der Waals surface area (Å²) in [5.74, 6) is 0.610. The zero-order valence-electron chi connectivity index (χ0n) is 9.16. The minimum Gasteiger partial charge on any atom is -0.505 e. The lowest BCUT2D eigenvalue weighted by Crippen LogP contribution is -1.88. The van der Waals surface area contributed by atoms with Crippen LogP contribution >= 0.6 is 0 Å². The average molecular weight is 190 g/mol. The molecule has 1 heteroatoms. The van der Waals surface area contributed by atoms with Crippen molar-refractivity contribution in [2.75, 3.05) is 7.11 Å². The quantitative estimate of drug-likeness (QED) is 0.660. The van der Waals surface area contributed by atoms with Gasteiger partial charge in [0.2, 0.25) is 0 Å². The van der Waals surface area contributed by atoms with Gasteiger partial charge in [-0.3, -0.25) is 0 Å². The summed E-state index contributed by atoms with van der Waals surface area (Å²) < 4.78 is 4.84. The number of allylic oxidation sites excluding steroid dienone is 1. The normalized spacial score (nSPS) is 11.1. The van der Waals surface area contributed by atoms with E-state index >= 15 is 0 Å². The molecule has 14 heavy (non-hydrogen) atoms. The van der Waals surface area contributed by atoms with Crippen molar-refractivity contribution in [1.29, 1.82) is 0 Å². The molecule has 0 aromatic heterocycles. The van der Waals surface area contributed by atoms with E-state index in [0.29, 0.717) is 5.92 Å². The number of rotatable bonds is 4. The van der Waals surface area contributed by atoms with Crippen LogP contribution in [0.5, 0.6) is 0 Å². The van der Waals surface area contributed by atoms with Crippen LogP contribution in [0.3, 0.4) is 0 Å². The number of ether oxygens (including phenoxy) is 1. The third-order valence-electron chi connectivity index (χ3n) is 2.23. The molecule has 0 aliphatic rings. The van der Waals surface area contributed by atoms with Crippen LogP contribution in [0.25, 0.3) is 0 Å². The number of methoxy groups -OCH3 is 1. The van der Waals surface area contributed by atoms with E-state index in [-0.39, 0.29) is 0 Å². The molecule has 0 radical (unpaired) electrons. The maximum absolute atomic E-state index is 4.84. The average Bonchev–Trinajstić information content (AvgIpc) is 2.19. The fourth-order valence-corrected chi connectivity index (χ4v) is 1.32.